The van der Waals surface area contributed by atoms with Gasteiger partial charge in [-0.1, -0.05) is 12.1 Å². The van der Waals surface area contributed by atoms with E-state index in [0.717, 1.165) is 15.0 Å². The largest absolute Gasteiger partial charge is 0.317 e. The van der Waals surface area contributed by atoms with Crippen molar-refractivity contribution >= 4 is 11.8 Å². The van der Waals surface area contributed by atoms with Crippen molar-refractivity contribution in [3.63, 3.8) is 0 Å². The number of hydrogen-bond acceptors (Lipinski definition) is 4. The molecule has 5 nitrogen and oxygen atoms in total. The van der Waals surface area contributed by atoms with Gasteiger partial charge in [0, 0.05) is 17.3 Å². The number of rotatable bonds is 4. The topological polar surface area (TPSA) is 67.8 Å². The molecule has 0 saturated carbocycles. The molecule has 0 bridgehead atoms. The van der Waals surface area contributed by atoms with E-state index in [9.17, 15) is 9.59 Å². The van der Waals surface area contributed by atoms with Crippen LogP contribution in [0, 0.1) is 11.3 Å². The predicted molar refractivity (Wildman–Crippen MR) is 77.9 cm³/mol. The molecular weight excluding hydrogens is 274 g/mol. The molecule has 0 N–H and O–H groups in total. The van der Waals surface area contributed by atoms with Gasteiger partial charge in [-0.3, -0.25) is 14.2 Å². The van der Waals surface area contributed by atoms with Gasteiger partial charge in [0.25, 0.3) is 0 Å². The summed E-state index contributed by atoms with van der Waals surface area (Å²) in [6.07, 6.45) is 4.99. The molecule has 2 aromatic rings. The van der Waals surface area contributed by atoms with Crippen molar-refractivity contribution in [1.29, 1.82) is 5.26 Å². The van der Waals surface area contributed by atoms with Crippen LogP contribution < -0.4 is 11.1 Å². The predicted octanol–water partition coefficient (Wildman–Crippen LogP) is 1.30. The monoisotopic (exact) mass is 287 g/mol. The number of benzene rings is 1. The Kier molecular flexibility index (Phi) is 4.43. The lowest BCUT2D eigenvalue weighted by Crippen LogP contribution is -2.40. The van der Waals surface area contributed by atoms with Crippen LogP contribution in [-0.2, 0) is 13.1 Å². The fourth-order valence-electron chi connectivity index (χ4n) is 1.79. The zero-order chi connectivity index (χ0) is 14.5. The maximum atomic E-state index is 11.9. The van der Waals surface area contributed by atoms with Crippen LogP contribution in [0.25, 0.3) is 0 Å². The molecule has 0 saturated heterocycles. The van der Waals surface area contributed by atoms with E-state index in [-0.39, 0.29) is 6.54 Å². The quantitative estimate of drug-likeness (QED) is 0.628. The highest BCUT2D eigenvalue weighted by atomic mass is 32.2. The summed E-state index contributed by atoms with van der Waals surface area (Å²) in [7, 11) is 0. The summed E-state index contributed by atoms with van der Waals surface area (Å²) in [5.74, 6) is 0. The zero-order valence-electron chi connectivity index (χ0n) is 10.9. The van der Waals surface area contributed by atoms with Crippen LogP contribution in [0.3, 0.4) is 0 Å². The summed E-state index contributed by atoms with van der Waals surface area (Å²) in [4.78, 5) is 24.8. The van der Waals surface area contributed by atoms with E-state index in [1.165, 1.54) is 17.0 Å². The minimum atomic E-state index is -0.671. The van der Waals surface area contributed by atoms with Gasteiger partial charge in [0.1, 0.15) is 6.54 Å². The van der Waals surface area contributed by atoms with E-state index in [1.807, 2.05) is 36.6 Å². The molecule has 102 valence electrons. The fourth-order valence-corrected chi connectivity index (χ4v) is 2.20. The van der Waals surface area contributed by atoms with Gasteiger partial charge < -0.3 is 4.57 Å². The third kappa shape index (κ3) is 3.00. The first-order valence-corrected chi connectivity index (χ1v) is 7.18. The number of thioether (sulfide) groups is 1. The third-order valence-corrected chi connectivity index (χ3v) is 3.63. The molecule has 0 aliphatic heterocycles. The van der Waals surface area contributed by atoms with Crippen LogP contribution in [0.5, 0.6) is 0 Å². The van der Waals surface area contributed by atoms with Crippen molar-refractivity contribution in [3.8, 4) is 6.07 Å². The third-order valence-electron chi connectivity index (χ3n) is 2.88. The van der Waals surface area contributed by atoms with Gasteiger partial charge in [0.05, 0.1) is 12.6 Å². The van der Waals surface area contributed by atoms with Crippen molar-refractivity contribution in [3.05, 3.63) is 62.9 Å². The molecule has 0 atom stereocenters. The Bertz CT molecular complexity index is 754. The first-order valence-electron chi connectivity index (χ1n) is 5.95. The Labute approximate surface area is 120 Å². The normalized spacial score (nSPS) is 10.2. The van der Waals surface area contributed by atoms with E-state index < -0.39 is 11.1 Å². The average molecular weight is 287 g/mol. The van der Waals surface area contributed by atoms with Crippen LogP contribution in [0.2, 0.25) is 0 Å². The Hall–Kier alpha value is -2.26. The number of nitriles is 1. The van der Waals surface area contributed by atoms with E-state index in [4.69, 9.17) is 5.26 Å². The van der Waals surface area contributed by atoms with Crippen molar-refractivity contribution in [2.24, 2.45) is 0 Å². The molecule has 6 heteroatoms. The lowest BCUT2D eigenvalue weighted by atomic mass is 10.2. The van der Waals surface area contributed by atoms with Crippen molar-refractivity contribution in [1.82, 2.24) is 9.13 Å². The summed E-state index contributed by atoms with van der Waals surface area (Å²) >= 11 is 1.64. The second-order valence-corrected chi connectivity index (χ2v) is 5.05. The van der Waals surface area contributed by atoms with Crippen LogP contribution in [0.1, 0.15) is 5.56 Å². The highest BCUT2D eigenvalue weighted by Gasteiger charge is 2.05. The average Bonchev–Trinajstić information content (AvgIpc) is 2.48. The number of hydrogen-bond donors (Lipinski definition) is 0. The maximum Gasteiger partial charge on any atom is 0.317 e. The molecule has 0 aliphatic rings. The Morgan fingerprint density at radius 3 is 2.30 bits per heavy atom. The summed E-state index contributed by atoms with van der Waals surface area (Å²) in [5, 5.41) is 8.57. The molecule has 0 aliphatic carbocycles. The van der Waals surface area contributed by atoms with Gasteiger partial charge in [0.15, 0.2) is 0 Å². The Morgan fingerprint density at radius 2 is 1.70 bits per heavy atom. The summed E-state index contributed by atoms with van der Waals surface area (Å²) < 4.78 is 2.46. The molecule has 0 radical (unpaired) electrons. The SMILES string of the molecule is CSc1ccc(Cn2ccn(CC#N)c(=O)c2=O)cc1. The van der Waals surface area contributed by atoms with E-state index in [2.05, 4.69) is 0 Å². The van der Waals surface area contributed by atoms with Gasteiger partial charge in [-0.05, 0) is 24.0 Å². The summed E-state index contributed by atoms with van der Waals surface area (Å²) in [6, 6.07) is 9.65. The van der Waals surface area contributed by atoms with Gasteiger partial charge in [-0.25, -0.2) is 0 Å². The van der Waals surface area contributed by atoms with Crippen LogP contribution in [0.4, 0.5) is 0 Å². The number of aromatic nitrogens is 2. The molecule has 1 aromatic heterocycles. The summed E-state index contributed by atoms with van der Waals surface area (Å²) in [6.45, 7) is 0.230. The van der Waals surface area contributed by atoms with Crippen LogP contribution >= 0.6 is 11.8 Å². The Morgan fingerprint density at radius 1 is 1.10 bits per heavy atom. The lowest BCUT2D eigenvalue weighted by Gasteiger charge is -2.07. The minimum absolute atomic E-state index is 0.114. The van der Waals surface area contributed by atoms with Crippen molar-refractivity contribution in [2.45, 2.75) is 18.0 Å². The van der Waals surface area contributed by atoms with E-state index >= 15 is 0 Å². The van der Waals surface area contributed by atoms with Crippen molar-refractivity contribution < 1.29 is 0 Å². The highest BCUT2D eigenvalue weighted by Crippen LogP contribution is 2.14. The molecule has 1 aromatic carbocycles. The smallest absolute Gasteiger partial charge is 0.305 e. The van der Waals surface area contributed by atoms with E-state index in [1.54, 1.807) is 11.8 Å². The van der Waals surface area contributed by atoms with E-state index in [0.29, 0.717) is 6.54 Å². The van der Waals surface area contributed by atoms with Crippen LogP contribution in [-0.4, -0.2) is 15.4 Å². The summed E-state index contributed by atoms with van der Waals surface area (Å²) in [5.41, 5.74) is -0.339. The highest BCUT2D eigenvalue weighted by molar-refractivity contribution is 7.98. The maximum absolute atomic E-state index is 11.9. The molecule has 0 spiro atoms. The number of nitrogens with zero attached hydrogens (tertiary/aromatic N) is 3. The second-order valence-electron chi connectivity index (χ2n) is 4.17. The van der Waals surface area contributed by atoms with Gasteiger partial charge >= 0.3 is 11.1 Å². The van der Waals surface area contributed by atoms with Gasteiger partial charge in [0.2, 0.25) is 0 Å². The second kappa shape index (κ2) is 6.26. The van der Waals surface area contributed by atoms with Crippen LogP contribution in [0.15, 0.2) is 51.1 Å². The van der Waals surface area contributed by atoms with Crippen molar-refractivity contribution in [2.75, 3.05) is 6.26 Å². The van der Waals surface area contributed by atoms with Gasteiger partial charge in [-0.2, -0.15) is 5.26 Å². The van der Waals surface area contributed by atoms with Gasteiger partial charge in [-0.15, -0.1) is 11.8 Å². The molecular formula is C14H13N3O2S. The molecule has 0 fully saturated rings. The molecule has 20 heavy (non-hydrogen) atoms. The zero-order valence-corrected chi connectivity index (χ0v) is 11.8. The fraction of sp³-hybridized carbons (Fsp3) is 0.214. The molecule has 0 unspecified atom stereocenters. The molecule has 1 heterocycles. The Balaban J connectivity index is 2.30. The minimum Gasteiger partial charge on any atom is -0.305 e. The first-order chi connectivity index (χ1) is 9.65. The lowest BCUT2D eigenvalue weighted by molar-refractivity contribution is 0.676. The standard InChI is InChI=1S/C14H13N3O2S/c1-20-12-4-2-11(3-5-12)10-17-9-8-16(7-6-15)13(18)14(17)19/h2-5,8-9H,7,10H2,1H3. The molecule has 0 amide bonds. The first kappa shape index (κ1) is 14.2. The molecule has 2 rings (SSSR count).